The quantitative estimate of drug-likeness (QED) is 0.827. The second-order valence-corrected chi connectivity index (χ2v) is 6.81. The number of aryl methyl sites for hydroxylation is 1. The fraction of sp³-hybridized carbons (Fsp3) is 0.263. The van der Waals surface area contributed by atoms with Gasteiger partial charge < -0.3 is 10.2 Å². The zero-order chi connectivity index (χ0) is 19.0. The van der Waals surface area contributed by atoms with E-state index in [9.17, 15) is 18.4 Å². The maximum atomic E-state index is 13.8. The first kappa shape index (κ1) is 18.3. The van der Waals surface area contributed by atoms with Gasteiger partial charge in [-0.25, -0.2) is 8.78 Å². The largest absolute Gasteiger partial charge is 0.344 e. The number of likely N-dealkylation sites (tertiary alicyclic amines) is 1. The van der Waals surface area contributed by atoms with Gasteiger partial charge in [-0.3, -0.25) is 9.59 Å². The highest BCUT2D eigenvalue weighted by Crippen LogP contribution is 2.35. The Morgan fingerprint density at radius 1 is 1.27 bits per heavy atom. The van der Waals surface area contributed by atoms with Gasteiger partial charge in [0.05, 0.1) is 5.69 Å². The summed E-state index contributed by atoms with van der Waals surface area (Å²) in [4.78, 5) is 26.7. The molecule has 0 saturated carbocycles. The molecule has 0 bridgehead atoms. The molecule has 2 aromatic rings. The second-order valence-electron chi connectivity index (χ2n) is 6.40. The fourth-order valence-electron chi connectivity index (χ4n) is 3.20. The van der Waals surface area contributed by atoms with E-state index in [-0.39, 0.29) is 11.6 Å². The standard InChI is InChI=1S/C19H17ClF2N2O2/c1-10-8-11(6-7-13(10)20)12-9-24(2)19(26)16(12)18(25)23-15-5-3-4-14(21)17(15)22/h3-8,12,16H,9H2,1-2H3,(H,23,25)/t12-,16+/m1/s1. The molecule has 2 aromatic carbocycles. The number of hydrogen-bond acceptors (Lipinski definition) is 2. The van der Waals surface area contributed by atoms with Crippen molar-refractivity contribution in [1.29, 1.82) is 0 Å². The molecule has 1 aliphatic rings. The number of anilines is 1. The molecule has 2 amide bonds. The monoisotopic (exact) mass is 378 g/mol. The van der Waals surface area contributed by atoms with Crippen molar-refractivity contribution in [3.8, 4) is 0 Å². The van der Waals surface area contributed by atoms with Crippen molar-refractivity contribution in [1.82, 2.24) is 4.90 Å². The molecule has 1 fully saturated rings. The van der Waals surface area contributed by atoms with Crippen molar-refractivity contribution in [3.05, 3.63) is 64.2 Å². The molecular formula is C19H17ClF2N2O2. The summed E-state index contributed by atoms with van der Waals surface area (Å²) in [7, 11) is 1.61. The van der Waals surface area contributed by atoms with Crippen molar-refractivity contribution < 1.29 is 18.4 Å². The number of rotatable bonds is 3. The summed E-state index contributed by atoms with van der Waals surface area (Å²) >= 11 is 6.05. The zero-order valence-corrected chi connectivity index (χ0v) is 15.0. The molecule has 1 saturated heterocycles. The SMILES string of the molecule is Cc1cc([C@H]2CN(C)C(=O)[C@@H]2C(=O)Nc2cccc(F)c2F)ccc1Cl. The highest BCUT2D eigenvalue weighted by atomic mass is 35.5. The molecule has 1 aliphatic heterocycles. The van der Waals surface area contributed by atoms with Crippen LogP contribution in [0, 0.1) is 24.5 Å². The lowest BCUT2D eigenvalue weighted by atomic mass is 9.87. The van der Waals surface area contributed by atoms with Crippen LogP contribution in [0.2, 0.25) is 5.02 Å². The maximum Gasteiger partial charge on any atom is 0.237 e. The second kappa shape index (κ2) is 7.03. The van der Waals surface area contributed by atoms with Crippen LogP contribution in [0.4, 0.5) is 14.5 Å². The molecule has 4 nitrogen and oxygen atoms in total. The summed E-state index contributed by atoms with van der Waals surface area (Å²) in [5, 5.41) is 2.93. The Kier molecular flexibility index (Phi) is 4.96. The number of benzene rings is 2. The first-order chi connectivity index (χ1) is 12.3. The Morgan fingerprint density at radius 3 is 2.69 bits per heavy atom. The van der Waals surface area contributed by atoms with Crippen molar-refractivity contribution in [2.45, 2.75) is 12.8 Å². The van der Waals surface area contributed by atoms with Gasteiger partial charge in [0.25, 0.3) is 0 Å². The Morgan fingerprint density at radius 2 is 2.00 bits per heavy atom. The van der Waals surface area contributed by atoms with E-state index in [0.29, 0.717) is 11.6 Å². The van der Waals surface area contributed by atoms with Crippen molar-refractivity contribution >= 4 is 29.1 Å². The normalized spacial score (nSPS) is 19.7. The van der Waals surface area contributed by atoms with Crippen molar-refractivity contribution in [2.24, 2.45) is 5.92 Å². The molecule has 0 aromatic heterocycles. The van der Waals surface area contributed by atoms with Gasteiger partial charge in [-0.2, -0.15) is 0 Å². The number of carbonyl (C=O) groups is 2. The predicted molar refractivity (Wildman–Crippen MR) is 95.0 cm³/mol. The van der Waals surface area contributed by atoms with Gasteiger partial charge in [-0.1, -0.05) is 29.8 Å². The van der Waals surface area contributed by atoms with E-state index in [0.717, 1.165) is 17.2 Å². The highest BCUT2D eigenvalue weighted by Gasteiger charge is 2.44. The lowest BCUT2D eigenvalue weighted by Crippen LogP contribution is -2.33. The van der Waals surface area contributed by atoms with Gasteiger partial charge in [0, 0.05) is 24.5 Å². The van der Waals surface area contributed by atoms with Crippen LogP contribution in [-0.4, -0.2) is 30.3 Å². The van der Waals surface area contributed by atoms with Crippen molar-refractivity contribution in [2.75, 3.05) is 18.9 Å². The third-order valence-electron chi connectivity index (χ3n) is 4.62. The number of likely N-dealkylation sites (N-methyl/N-ethyl adjacent to an activating group) is 1. The lowest BCUT2D eigenvalue weighted by molar-refractivity contribution is -0.135. The average molecular weight is 379 g/mol. The van der Waals surface area contributed by atoms with Gasteiger partial charge in [-0.05, 0) is 36.2 Å². The molecule has 1 N–H and O–H groups in total. The minimum atomic E-state index is -1.15. The Labute approximate surface area is 154 Å². The molecule has 0 unspecified atom stereocenters. The molecule has 3 rings (SSSR count). The average Bonchev–Trinajstić information content (AvgIpc) is 2.89. The molecule has 136 valence electrons. The molecular weight excluding hydrogens is 362 g/mol. The molecule has 7 heteroatoms. The molecule has 0 aliphatic carbocycles. The Hall–Kier alpha value is -2.47. The van der Waals surface area contributed by atoms with E-state index >= 15 is 0 Å². The van der Waals surface area contributed by atoms with Gasteiger partial charge in [0.1, 0.15) is 5.92 Å². The van der Waals surface area contributed by atoms with Gasteiger partial charge in [0.15, 0.2) is 11.6 Å². The van der Waals surface area contributed by atoms with Crippen LogP contribution in [0.5, 0.6) is 0 Å². The molecule has 1 heterocycles. The van der Waals surface area contributed by atoms with Crippen LogP contribution >= 0.6 is 11.6 Å². The Balaban J connectivity index is 1.91. The number of carbonyl (C=O) groups excluding carboxylic acids is 2. The number of halogens is 3. The summed E-state index contributed by atoms with van der Waals surface area (Å²) in [6, 6.07) is 8.82. The highest BCUT2D eigenvalue weighted by molar-refractivity contribution is 6.31. The van der Waals surface area contributed by atoms with Crippen LogP contribution in [-0.2, 0) is 9.59 Å². The molecule has 26 heavy (non-hydrogen) atoms. The summed E-state index contributed by atoms with van der Waals surface area (Å²) in [6.07, 6.45) is 0. The minimum Gasteiger partial charge on any atom is -0.344 e. The van der Waals surface area contributed by atoms with E-state index in [2.05, 4.69) is 5.32 Å². The predicted octanol–water partition coefficient (Wildman–Crippen LogP) is 3.74. The van der Waals surface area contributed by atoms with Gasteiger partial charge in [-0.15, -0.1) is 0 Å². The van der Waals surface area contributed by atoms with Crippen LogP contribution < -0.4 is 5.32 Å². The van der Waals surface area contributed by atoms with Gasteiger partial charge >= 0.3 is 0 Å². The van der Waals surface area contributed by atoms with E-state index < -0.39 is 29.4 Å². The Bertz CT molecular complexity index is 888. The molecule has 0 radical (unpaired) electrons. The third kappa shape index (κ3) is 3.29. The molecule has 0 spiro atoms. The first-order valence-corrected chi connectivity index (χ1v) is 8.43. The zero-order valence-electron chi connectivity index (χ0n) is 14.2. The summed E-state index contributed by atoms with van der Waals surface area (Å²) in [6.45, 7) is 2.19. The number of hydrogen-bond donors (Lipinski definition) is 1. The minimum absolute atomic E-state index is 0.289. The van der Waals surface area contributed by atoms with E-state index in [1.165, 1.54) is 17.0 Å². The smallest absolute Gasteiger partial charge is 0.237 e. The van der Waals surface area contributed by atoms with Crippen LogP contribution in [0.1, 0.15) is 17.0 Å². The molecule has 2 atom stereocenters. The maximum absolute atomic E-state index is 13.8. The van der Waals surface area contributed by atoms with Crippen molar-refractivity contribution in [3.63, 3.8) is 0 Å². The van der Waals surface area contributed by atoms with Crippen LogP contribution in [0.15, 0.2) is 36.4 Å². The fourth-order valence-corrected chi connectivity index (χ4v) is 3.32. The lowest BCUT2D eigenvalue weighted by Gasteiger charge is -2.18. The summed E-state index contributed by atoms with van der Waals surface area (Å²) < 4.78 is 27.2. The number of amides is 2. The van der Waals surface area contributed by atoms with E-state index in [1.807, 2.05) is 13.0 Å². The summed E-state index contributed by atoms with van der Waals surface area (Å²) in [5.74, 6) is -4.68. The first-order valence-electron chi connectivity index (χ1n) is 8.05. The van der Waals surface area contributed by atoms with E-state index in [1.54, 1.807) is 19.2 Å². The van der Waals surface area contributed by atoms with Crippen LogP contribution in [0.3, 0.4) is 0 Å². The van der Waals surface area contributed by atoms with E-state index in [4.69, 9.17) is 11.6 Å². The number of nitrogens with zero attached hydrogens (tertiary/aromatic N) is 1. The summed E-state index contributed by atoms with van der Waals surface area (Å²) in [5.41, 5.74) is 1.34. The van der Waals surface area contributed by atoms with Crippen LogP contribution in [0.25, 0.3) is 0 Å². The van der Waals surface area contributed by atoms with Gasteiger partial charge in [0.2, 0.25) is 11.8 Å². The third-order valence-corrected chi connectivity index (χ3v) is 5.04. The topological polar surface area (TPSA) is 49.4 Å². The number of nitrogens with one attached hydrogen (secondary N) is 1.